The molecular formula is C13H22O3. The first kappa shape index (κ1) is 13.2. The van der Waals surface area contributed by atoms with Crippen LogP contribution >= 0.6 is 0 Å². The maximum absolute atomic E-state index is 11.5. The molecule has 1 aliphatic carbocycles. The van der Waals surface area contributed by atoms with Crippen molar-refractivity contribution in [2.24, 2.45) is 11.3 Å². The lowest BCUT2D eigenvalue weighted by Gasteiger charge is -2.44. The Kier molecular flexibility index (Phi) is 3.79. The number of carboxylic acid groups (broad SMARTS) is 1. The van der Waals surface area contributed by atoms with Gasteiger partial charge in [-0.05, 0) is 30.6 Å². The Morgan fingerprint density at radius 1 is 1.56 bits per heavy atom. The molecule has 1 fully saturated rings. The molecule has 1 aliphatic rings. The van der Waals surface area contributed by atoms with Gasteiger partial charge in [-0.3, -0.25) is 0 Å². The van der Waals surface area contributed by atoms with Crippen LogP contribution in [0, 0.1) is 11.3 Å². The Labute approximate surface area is 97.5 Å². The molecule has 0 saturated heterocycles. The number of carbonyl (C=O) groups is 1. The summed E-state index contributed by atoms with van der Waals surface area (Å²) in [5, 5.41) is 9.41. The Balaban J connectivity index is 2.91. The van der Waals surface area contributed by atoms with E-state index in [0.29, 0.717) is 25.4 Å². The van der Waals surface area contributed by atoms with Gasteiger partial charge in [0, 0.05) is 0 Å². The van der Waals surface area contributed by atoms with Crippen molar-refractivity contribution in [2.45, 2.75) is 45.6 Å². The molecule has 0 spiro atoms. The lowest BCUT2D eigenvalue weighted by Crippen LogP contribution is -2.50. The highest BCUT2D eigenvalue weighted by atomic mass is 16.5. The normalized spacial score (nSPS) is 33.3. The van der Waals surface area contributed by atoms with E-state index in [2.05, 4.69) is 27.4 Å². The number of hydrogen-bond acceptors (Lipinski definition) is 2. The summed E-state index contributed by atoms with van der Waals surface area (Å²) in [6, 6.07) is 0. The molecule has 3 heteroatoms. The second-order valence-electron chi connectivity index (χ2n) is 5.75. The molecule has 0 aromatic heterocycles. The van der Waals surface area contributed by atoms with E-state index in [1.54, 1.807) is 6.08 Å². The second-order valence-corrected chi connectivity index (χ2v) is 5.75. The first-order valence-electron chi connectivity index (χ1n) is 5.80. The minimum Gasteiger partial charge on any atom is -0.479 e. The van der Waals surface area contributed by atoms with Crippen molar-refractivity contribution >= 4 is 5.97 Å². The van der Waals surface area contributed by atoms with Crippen molar-refractivity contribution in [3.63, 3.8) is 0 Å². The predicted molar refractivity (Wildman–Crippen MR) is 63.3 cm³/mol. The van der Waals surface area contributed by atoms with E-state index in [0.717, 1.165) is 6.42 Å². The number of aliphatic carboxylic acids is 1. The number of hydrogen-bond donors (Lipinski definition) is 1. The molecule has 0 radical (unpaired) electrons. The molecule has 0 aromatic carbocycles. The van der Waals surface area contributed by atoms with E-state index in [-0.39, 0.29) is 5.41 Å². The van der Waals surface area contributed by atoms with Gasteiger partial charge >= 0.3 is 5.97 Å². The van der Waals surface area contributed by atoms with Gasteiger partial charge in [0.25, 0.3) is 0 Å². The van der Waals surface area contributed by atoms with E-state index in [9.17, 15) is 9.90 Å². The Bertz CT molecular complexity index is 283. The number of ether oxygens (including phenoxy) is 1. The molecule has 0 heterocycles. The average molecular weight is 226 g/mol. The molecule has 0 aliphatic heterocycles. The van der Waals surface area contributed by atoms with Crippen LogP contribution in [0.25, 0.3) is 0 Å². The smallest absolute Gasteiger partial charge is 0.336 e. The first-order chi connectivity index (χ1) is 7.31. The highest BCUT2D eigenvalue weighted by Crippen LogP contribution is 2.45. The summed E-state index contributed by atoms with van der Waals surface area (Å²) < 4.78 is 5.57. The van der Waals surface area contributed by atoms with Crippen LogP contribution in [0.3, 0.4) is 0 Å². The molecular weight excluding hydrogens is 204 g/mol. The zero-order valence-corrected chi connectivity index (χ0v) is 10.5. The van der Waals surface area contributed by atoms with Crippen molar-refractivity contribution in [1.82, 2.24) is 0 Å². The second kappa shape index (κ2) is 4.58. The molecule has 0 amide bonds. The minimum atomic E-state index is -1.02. The summed E-state index contributed by atoms with van der Waals surface area (Å²) in [5.74, 6) is -0.460. The van der Waals surface area contributed by atoms with Gasteiger partial charge in [0.05, 0.1) is 6.61 Å². The summed E-state index contributed by atoms with van der Waals surface area (Å²) in [4.78, 5) is 11.5. The topological polar surface area (TPSA) is 46.5 Å². The summed E-state index contributed by atoms with van der Waals surface area (Å²) >= 11 is 0. The van der Waals surface area contributed by atoms with Crippen molar-refractivity contribution in [2.75, 3.05) is 6.61 Å². The van der Waals surface area contributed by atoms with Crippen LogP contribution in [0.2, 0.25) is 0 Å². The third-order valence-electron chi connectivity index (χ3n) is 3.21. The van der Waals surface area contributed by atoms with Gasteiger partial charge < -0.3 is 9.84 Å². The van der Waals surface area contributed by atoms with Crippen LogP contribution < -0.4 is 0 Å². The lowest BCUT2D eigenvalue weighted by molar-refractivity contribution is -0.177. The largest absolute Gasteiger partial charge is 0.479 e. The van der Waals surface area contributed by atoms with Crippen LogP contribution in [0.15, 0.2) is 12.7 Å². The molecule has 0 aromatic rings. The van der Waals surface area contributed by atoms with Gasteiger partial charge in [0.15, 0.2) is 5.60 Å². The molecule has 92 valence electrons. The Morgan fingerprint density at radius 2 is 2.19 bits per heavy atom. The number of rotatable bonds is 4. The highest BCUT2D eigenvalue weighted by Gasteiger charge is 2.49. The number of carboxylic acids is 1. The van der Waals surface area contributed by atoms with E-state index in [1.165, 1.54) is 0 Å². The van der Waals surface area contributed by atoms with Gasteiger partial charge in [-0.1, -0.05) is 26.8 Å². The van der Waals surface area contributed by atoms with E-state index < -0.39 is 11.6 Å². The fourth-order valence-corrected chi connectivity index (χ4v) is 3.05. The third kappa shape index (κ3) is 2.85. The Hall–Kier alpha value is -0.830. The summed E-state index contributed by atoms with van der Waals surface area (Å²) in [5.41, 5.74) is -0.993. The van der Waals surface area contributed by atoms with E-state index in [4.69, 9.17) is 4.74 Å². The van der Waals surface area contributed by atoms with Gasteiger partial charge in [0.2, 0.25) is 0 Å². The predicted octanol–water partition coefficient (Wildman–Crippen LogP) is 2.86. The van der Waals surface area contributed by atoms with E-state index >= 15 is 0 Å². The first-order valence-corrected chi connectivity index (χ1v) is 5.80. The van der Waals surface area contributed by atoms with Crippen molar-refractivity contribution in [3.05, 3.63) is 12.7 Å². The van der Waals surface area contributed by atoms with Crippen molar-refractivity contribution in [3.8, 4) is 0 Å². The molecule has 0 bridgehead atoms. The van der Waals surface area contributed by atoms with Crippen LogP contribution in [0.5, 0.6) is 0 Å². The van der Waals surface area contributed by atoms with Crippen LogP contribution in [0.1, 0.15) is 40.0 Å². The third-order valence-corrected chi connectivity index (χ3v) is 3.21. The SMILES string of the molecule is C=CCOC1(C(=O)O)CC(C)CC(C)(C)C1. The zero-order valence-electron chi connectivity index (χ0n) is 10.5. The van der Waals surface area contributed by atoms with Crippen LogP contribution in [-0.4, -0.2) is 23.3 Å². The molecule has 2 atom stereocenters. The summed E-state index contributed by atoms with van der Waals surface area (Å²) in [7, 11) is 0. The molecule has 2 unspecified atom stereocenters. The molecule has 16 heavy (non-hydrogen) atoms. The fourth-order valence-electron chi connectivity index (χ4n) is 3.05. The van der Waals surface area contributed by atoms with Crippen molar-refractivity contribution < 1.29 is 14.6 Å². The summed E-state index contributed by atoms with van der Waals surface area (Å²) in [6.45, 7) is 10.2. The van der Waals surface area contributed by atoms with E-state index in [1.807, 2.05) is 0 Å². The maximum Gasteiger partial charge on any atom is 0.336 e. The lowest BCUT2D eigenvalue weighted by atomic mass is 9.65. The van der Waals surface area contributed by atoms with Crippen molar-refractivity contribution in [1.29, 1.82) is 0 Å². The molecule has 1 saturated carbocycles. The molecule has 1 N–H and O–H groups in total. The zero-order chi connectivity index (χ0) is 12.4. The molecule has 3 nitrogen and oxygen atoms in total. The average Bonchev–Trinajstić information content (AvgIpc) is 2.11. The van der Waals surface area contributed by atoms with Crippen LogP contribution in [0.4, 0.5) is 0 Å². The van der Waals surface area contributed by atoms with Gasteiger partial charge in [-0.2, -0.15) is 0 Å². The minimum absolute atomic E-state index is 0.0250. The quantitative estimate of drug-likeness (QED) is 0.750. The standard InChI is InChI=1S/C13H22O3/c1-5-6-16-13(11(14)15)8-10(2)7-12(3,4)9-13/h5,10H,1,6-9H2,2-4H3,(H,14,15). The summed E-state index contributed by atoms with van der Waals surface area (Å²) in [6.07, 6.45) is 3.84. The molecule has 1 rings (SSSR count). The Morgan fingerprint density at radius 3 is 2.62 bits per heavy atom. The van der Waals surface area contributed by atoms with Crippen LogP contribution in [-0.2, 0) is 9.53 Å². The monoisotopic (exact) mass is 226 g/mol. The van der Waals surface area contributed by atoms with Gasteiger partial charge in [-0.25, -0.2) is 4.79 Å². The fraction of sp³-hybridized carbons (Fsp3) is 0.769. The maximum atomic E-state index is 11.5. The van der Waals surface area contributed by atoms with Gasteiger partial charge in [-0.15, -0.1) is 6.58 Å². The van der Waals surface area contributed by atoms with Gasteiger partial charge in [0.1, 0.15) is 0 Å². The highest BCUT2D eigenvalue weighted by molar-refractivity contribution is 5.77.